The minimum absolute atomic E-state index is 0.251. The number of ether oxygens (including phenoxy) is 2. The average molecular weight is 1010 g/mol. The summed E-state index contributed by atoms with van der Waals surface area (Å²) in [6.45, 7) is 3.71. The zero-order chi connectivity index (χ0) is 51.7. The molecule has 0 aromatic heterocycles. The molecule has 8 atom stereocenters. The minimum atomic E-state index is -1.59. The Labute approximate surface area is 438 Å². The van der Waals surface area contributed by atoms with E-state index in [-0.39, 0.29) is 6.61 Å². The average Bonchev–Trinajstić information content (AvgIpc) is 3.37. The fourth-order valence-corrected chi connectivity index (χ4v) is 10.2. The molecule has 1 saturated heterocycles. The molecule has 0 aliphatic carbocycles. The third-order valence-electron chi connectivity index (χ3n) is 15.2. The van der Waals surface area contributed by atoms with E-state index in [0.29, 0.717) is 12.8 Å². The van der Waals surface area contributed by atoms with Crippen molar-refractivity contribution in [3.63, 3.8) is 0 Å². The summed E-state index contributed by atoms with van der Waals surface area (Å²) < 4.78 is 11.2. The van der Waals surface area contributed by atoms with E-state index >= 15 is 0 Å². The summed E-state index contributed by atoms with van der Waals surface area (Å²) in [5.74, 6) is -0.578. The Balaban J connectivity index is 2.14. The van der Waals surface area contributed by atoms with Crippen molar-refractivity contribution in [3.8, 4) is 0 Å². The second-order valence-corrected chi connectivity index (χ2v) is 22.0. The molecule has 71 heavy (non-hydrogen) atoms. The zero-order valence-electron chi connectivity index (χ0n) is 46.6. The Hall–Kier alpha value is -1.11. The van der Waals surface area contributed by atoms with E-state index in [1.54, 1.807) is 0 Å². The molecule has 1 aliphatic rings. The van der Waals surface area contributed by atoms with Crippen LogP contribution in [0.25, 0.3) is 0 Å². The Morgan fingerprint density at radius 2 is 0.789 bits per heavy atom. The summed E-state index contributed by atoms with van der Waals surface area (Å²) in [5, 5.41) is 65.2. The molecule has 0 aromatic carbocycles. The first-order valence-electron chi connectivity index (χ1n) is 31.0. The van der Waals surface area contributed by atoms with Crippen LogP contribution in [-0.2, 0) is 14.3 Å². The van der Waals surface area contributed by atoms with Gasteiger partial charge in [0.25, 0.3) is 0 Å². The Bertz CT molecular complexity index is 1140. The van der Waals surface area contributed by atoms with Crippen molar-refractivity contribution in [1.82, 2.24) is 5.32 Å². The molecule has 1 heterocycles. The Kier molecular flexibility index (Phi) is 48.8. The van der Waals surface area contributed by atoms with Crippen LogP contribution in [0.5, 0.6) is 0 Å². The van der Waals surface area contributed by atoms with Gasteiger partial charge in [-0.25, -0.2) is 0 Å². The number of rotatable bonds is 54. The SMILES string of the molecule is CCCCCCCCCCCCCC/C=C\CCCCCCCCCCCCCCCCCC(O)C(=O)NC(COC1OC(CO)C(O)C(O)C1O)C(O)CCCCCCCCCCCCCCCCC. The molecular weight excluding hydrogens is 891 g/mol. The maximum atomic E-state index is 13.2. The highest BCUT2D eigenvalue weighted by atomic mass is 16.7. The Morgan fingerprint density at radius 1 is 0.465 bits per heavy atom. The number of aliphatic hydroxyl groups excluding tert-OH is 6. The molecule has 0 saturated carbocycles. The van der Waals surface area contributed by atoms with E-state index in [1.807, 2.05) is 0 Å². The molecule has 0 bridgehead atoms. The highest BCUT2D eigenvalue weighted by Crippen LogP contribution is 2.24. The van der Waals surface area contributed by atoms with Crippen molar-refractivity contribution in [3.05, 3.63) is 12.2 Å². The number of amides is 1. The summed E-state index contributed by atoms with van der Waals surface area (Å²) in [6.07, 6.45) is 52.9. The monoisotopic (exact) mass is 1010 g/mol. The second kappa shape index (κ2) is 51.0. The van der Waals surface area contributed by atoms with E-state index in [2.05, 4.69) is 31.3 Å². The summed E-state index contributed by atoms with van der Waals surface area (Å²) in [6, 6.07) is -0.891. The number of hydrogen-bond acceptors (Lipinski definition) is 9. The number of carbonyl (C=O) groups excluding carboxylic acids is 1. The third kappa shape index (κ3) is 39.9. The van der Waals surface area contributed by atoms with Gasteiger partial charge in [0.15, 0.2) is 6.29 Å². The van der Waals surface area contributed by atoms with Crippen LogP contribution in [0.4, 0.5) is 0 Å². The normalized spacial score (nSPS) is 19.7. The lowest BCUT2D eigenvalue weighted by molar-refractivity contribution is -0.302. The number of hydrogen-bond donors (Lipinski definition) is 7. The molecule has 10 heteroatoms. The van der Waals surface area contributed by atoms with Crippen LogP contribution in [0.3, 0.4) is 0 Å². The van der Waals surface area contributed by atoms with E-state index in [4.69, 9.17) is 9.47 Å². The molecule has 0 radical (unpaired) electrons. The van der Waals surface area contributed by atoms with Crippen molar-refractivity contribution < 1.29 is 44.9 Å². The zero-order valence-corrected chi connectivity index (χ0v) is 46.6. The van der Waals surface area contributed by atoms with Crippen LogP contribution in [0.1, 0.15) is 309 Å². The molecule has 1 rings (SSSR count). The molecule has 1 amide bonds. The molecule has 1 aliphatic heterocycles. The topological polar surface area (TPSA) is 169 Å². The molecule has 0 spiro atoms. The van der Waals surface area contributed by atoms with Gasteiger partial charge in [0.1, 0.15) is 30.5 Å². The summed E-state index contributed by atoms with van der Waals surface area (Å²) in [7, 11) is 0. The van der Waals surface area contributed by atoms with Crippen LogP contribution >= 0.6 is 0 Å². The maximum Gasteiger partial charge on any atom is 0.249 e. The van der Waals surface area contributed by atoms with Crippen LogP contribution in [-0.4, -0.2) is 98.7 Å². The first-order chi connectivity index (χ1) is 34.8. The molecule has 8 unspecified atom stereocenters. The number of nitrogens with one attached hydrogen (secondary N) is 1. The maximum absolute atomic E-state index is 13.2. The van der Waals surface area contributed by atoms with Gasteiger partial charge in [-0.1, -0.05) is 283 Å². The first-order valence-corrected chi connectivity index (χ1v) is 31.0. The van der Waals surface area contributed by atoms with Gasteiger partial charge in [0.05, 0.1) is 25.4 Å². The fraction of sp³-hybridized carbons (Fsp3) is 0.951. The quantitative estimate of drug-likeness (QED) is 0.0232. The van der Waals surface area contributed by atoms with Gasteiger partial charge in [0, 0.05) is 0 Å². The van der Waals surface area contributed by atoms with Gasteiger partial charge in [0.2, 0.25) is 5.91 Å². The van der Waals surface area contributed by atoms with Crippen LogP contribution < -0.4 is 5.32 Å². The van der Waals surface area contributed by atoms with Gasteiger partial charge in [-0.2, -0.15) is 0 Å². The number of carbonyl (C=O) groups is 1. The summed E-state index contributed by atoms with van der Waals surface area (Å²) in [5.41, 5.74) is 0. The minimum Gasteiger partial charge on any atom is -0.394 e. The van der Waals surface area contributed by atoms with Crippen LogP contribution in [0, 0.1) is 0 Å². The highest BCUT2D eigenvalue weighted by molar-refractivity contribution is 5.80. The predicted octanol–water partition coefficient (Wildman–Crippen LogP) is 14.6. The summed E-state index contributed by atoms with van der Waals surface area (Å²) in [4.78, 5) is 13.2. The smallest absolute Gasteiger partial charge is 0.249 e. The van der Waals surface area contributed by atoms with E-state index < -0.39 is 61.5 Å². The number of unbranched alkanes of at least 4 members (excludes halogenated alkanes) is 41. The van der Waals surface area contributed by atoms with Gasteiger partial charge < -0.3 is 45.4 Å². The van der Waals surface area contributed by atoms with Gasteiger partial charge >= 0.3 is 0 Å². The lowest BCUT2D eigenvalue weighted by atomic mass is 9.99. The van der Waals surface area contributed by atoms with Crippen molar-refractivity contribution in [2.24, 2.45) is 0 Å². The molecule has 10 nitrogen and oxygen atoms in total. The second-order valence-electron chi connectivity index (χ2n) is 22.0. The molecular formula is C61H119NO9. The van der Waals surface area contributed by atoms with E-state index in [1.165, 1.54) is 238 Å². The van der Waals surface area contributed by atoms with Crippen molar-refractivity contribution in [2.45, 2.75) is 358 Å². The molecule has 422 valence electrons. The van der Waals surface area contributed by atoms with Crippen molar-refractivity contribution in [2.75, 3.05) is 13.2 Å². The van der Waals surface area contributed by atoms with Crippen molar-refractivity contribution in [1.29, 1.82) is 0 Å². The third-order valence-corrected chi connectivity index (χ3v) is 15.2. The van der Waals surface area contributed by atoms with Gasteiger partial charge in [-0.05, 0) is 38.5 Å². The molecule has 1 fully saturated rings. The van der Waals surface area contributed by atoms with Gasteiger partial charge in [-0.3, -0.25) is 4.79 Å². The lowest BCUT2D eigenvalue weighted by Crippen LogP contribution is -2.60. The van der Waals surface area contributed by atoms with E-state index in [0.717, 1.165) is 44.9 Å². The predicted molar refractivity (Wildman–Crippen MR) is 297 cm³/mol. The van der Waals surface area contributed by atoms with Crippen LogP contribution in [0.2, 0.25) is 0 Å². The van der Waals surface area contributed by atoms with E-state index in [9.17, 15) is 35.4 Å². The largest absolute Gasteiger partial charge is 0.394 e. The standard InChI is InChI=1S/C61H119NO9/c1-3-5-7-9-11-13-15-17-19-20-21-22-23-24-25-26-27-28-29-30-31-32-33-34-36-38-40-42-44-46-48-50-55(65)60(69)62-53(52-70-61-59(68)58(67)57(66)56(51-63)71-61)54(64)49-47-45-43-41-39-37-35-18-16-14-12-10-8-6-4-2/h24-25,53-59,61,63-68H,3-23,26-52H2,1-2H3,(H,62,69)/b25-24-. The number of aliphatic hydroxyl groups is 6. The summed E-state index contributed by atoms with van der Waals surface area (Å²) >= 11 is 0. The van der Waals surface area contributed by atoms with Crippen LogP contribution in [0.15, 0.2) is 12.2 Å². The first kappa shape index (κ1) is 67.9. The van der Waals surface area contributed by atoms with Gasteiger partial charge in [-0.15, -0.1) is 0 Å². The fourth-order valence-electron chi connectivity index (χ4n) is 10.2. The Morgan fingerprint density at radius 3 is 1.14 bits per heavy atom. The molecule has 0 aromatic rings. The van der Waals surface area contributed by atoms with Crippen molar-refractivity contribution >= 4 is 5.91 Å². The highest BCUT2D eigenvalue weighted by Gasteiger charge is 2.44. The number of allylic oxidation sites excluding steroid dienone is 2. The lowest BCUT2D eigenvalue weighted by Gasteiger charge is -2.40. The molecule has 7 N–H and O–H groups in total.